The number of nitrogens with one attached hydrogen (secondary N) is 3. The van der Waals surface area contributed by atoms with Crippen molar-refractivity contribution in [3.63, 3.8) is 0 Å². The molecule has 1 unspecified atom stereocenters. The van der Waals surface area contributed by atoms with Gasteiger partial charge in [0, 0.05) is 25.7 Å². The zero-order valence-corrected chi connectivity index (χ0v) is 17.9. The summed E-state index contributed by atoms with van der Waals surface area (Å²) in [6, 6.07) is 10.2. The Morgan fingerprint density at radius 3 is 2.34 bits per heavy atom. The van der Waals surface area contributed by atoms with Crippen molar-refractivity contribution in [1.82, 2.24) is 0 Å². The molecule has 0 fully saturated rings. The topological polar surface area (TPSA) is 53.2 Å². The molecule has 0 aliphatic heterocycles. The molecule has 0 aromatic heterocycles. The van der Waals surface area contributed by atoms with Crippen molar-refractivity contribution in [2.75, 3.05) is 29.7 Å². The summed E-state index contributed by atoms with van der Waals surface area (Å²) in [5, 5.41) is 8.97. The van der Waals surface area contributed by atoms with Gasteiger partial charge in [-0.2, -0.15) is 13.2 Å². The van der Waals surface area contributed by atoms with E-state index in [0.29, 0.717) is 42.7 Å². The van der Waals surface area contributed by atoms with Gasteiger partial charge in [0.1, 0.15) is 12.8 Å². The second-order valence-electron chi connectivity index (χ2n) is 7.46. The minimum absolute atomic E-state index is 0.170. The Hall–Kier alpha value is -2.84. The monoisotopic (exact) mass is 457 g/mol. The van der Waals surface area contributed by atoms with E-state index in [1.54, 1.807) is 25.2 Å². The second kappa shape index (κ2) is 12.3. The lowest BCUT2D eigenvalue weighted by molar-refractivity contribution is -0.137. The van der Waals surface area contributed by atoms with Crippen LogP contribution in [-0.2, 0) is 17.5 Å². The van der Waals surface area contributed by atoms with Crippen LogP contribution >= 0.6 is 0 Å². The molecule has 0 aliphatic rings. The zero-order chi connectivity index (χ0) is 23.6. The van der Waals surface area contributed by atoms with Crippen LogP contribution in [0.4, 0.5) is 39.0 Å². The first-order chi connectivity index (χ1) is 15.2. The summed E-state index contributed by atoms with van der Waals surface area (Å²) in [6.07, 6.45) is -3.55. The fourth-order valence-electron chi connectivity index (χ4n) is 3.10. The van der Waals surface area contributed by atoms with Crippen LogP contribution in [0.25, 0.3) is 0 Å². The van der Waals surface area contributed by atoms with Gasteiger partial charge >= 0.3 is 6.18 Å². The van der Waals surface area contributed by atoms with Crippen molar-refractivity contribution in [2.24, 2.45) is 0 Å². The molecule has 0 radical (unpaired) electrons. The van der Waals surface area contributed by atoms with Crippen LogP contribution in [-0.4, -0.2) is 25.8 Å². The summed E-state index contributed by atoms with van der Waals surface area (Å²) in [5.41, 5.74) is 2.02. The van der Waals surface area contributed by atoms with Gasteiger partial charge in [0.05, 0.1) is 16.9 Å². The molecule has 2 rings (SSSR count). The lowest BCUT2D eigenvalue weighted by Crippen LogP contribution is -2.13. The Morgan fingerprint density at radius 1 is 1.00 bits per heavy atom. The molecule has 3 N–H and O–H groups in total. The highest BCUT2D eigenvalue weighted by atomic mass is 19.4. The van der Waals surface area contributed by atoms with Crippen LogP contribution in [0.15, 0.2) is 42.5 Å². The first kappa shape index (κ1) is 25.4. The number of amides is 1. The quantitative estimate of drug-likeness (QED) is 0.250. The van der Waals surface area contributed by atoms with E-state index in [2.05, 4.69) is 16.0 Å². The second-order valence-corrected chi connectivity index (χ2v) is 7.46. The van der Waals surface area contributed by atoms with Crippen molar-refractivity contribution < 1.29 is 26.7 Å². The molecule has 1 atom stereocenters. The van der Waals surface area contributed by atoms with Crippen LogP contribution in [0.3, 0.4) is 0 Å². The summed E-state index contributed by atoms with van der Waals surface area (Å²) in [4.78, 5) is 12.2. The van der Waals surface area contributed by atoms with Gasteiger partial charge in [-0.3, -0.25) is 4.79 Å². The van der Waals surface area contributed by atoms with E-state index in [-0.39, 0.29) is 18.7 Å². The van der Waals surface area contributed by atoms with Crippen LogP contribution in [0.2, 0.25) is 0 Å². The van der Waals surface area contributed by atoms with Crippen molar-refractivity contribution in [2.45, 2.75) is 51.0 Å². The number of alkyl halides is 5. The number of hydrogen-bond donors (Lipinski definition) is 3. The Bertz CT molecular complexity index is 856. The molecule has 9 heteroatoms. The molecule has 32 heavy (non-hydrogen) atoms. The molecule has 1 amide bonds. The van der Waals surface area contributed by atoms with Crippen molar-refractivity contribution in [3.05, 3.63) is 53.6 Å². The van der Waals surface area contributed by atoms with E-state index in [0.717, 1.165) is 17.8 Å². The highest BCUT2D eigenvalue weighted by Gasteiger charge is 2.29. The Kier molecular flexibility index (Phi) is 9.74. The molecular formula is C23H28F5N3O. The number of benzene rings is 2. The average molecular weight is 457 g/mol. The van der Waals surface area contributed by atoms with E-state index in [1.165, 1.54) is 12.1 Å². The normalized spacial score (nSPS) is 12.3. The van der Waals surface area contributed by atoms with Gasteiger partial charge in [-0.1, -0.05) is 25.0 Å². The third kappa shape index (κ3) is 8.36. The molecule has 0 aliphatic carbocycles. The fraction of sp³-hybridized carbons (Fsp3) is 0.435. The maximum Gasteiger partial charge on any atom is 0.416 e. The molecule has 176 valence electrons. The van der Waals surface area contributed by atoms with Crippen LogP contribution in [0.1, 0.15) is 43.2 Å². The molecular weight excluding hydrogens is 429 g/mol. The van der Waals surface area contributed by atoms with Gasteiger partial charge in [0.25, 0.3) is 0 Å². The van der Waals surface area contributed by atoms with E-state index < -0.39 is 24.6 Å². The molecule has 2 aromatic rings. The Balaban J connectivity index is 1.84. The highest BCUT2D eigenvalue weighted by molar-refractivity contribution is 5.94. The fourth-order valence-corrected chi connectivity index (χ4v) is 3.10. The maximum absolute atomic E-state index is 12.8. The largest absolute Gasteiger partial charge is 0.416 e. The molecule has 2 aromatic carbocycles. The van der Waals surface area contributed by atoms with Crippen molar-refractivity contribution in [1.29, 1.82) is 0 Å². The predicted octanol–water partition coefficient (Wildman–Crippen LogP) is 6.56. The molecule has 0 heterocycles. The maximum atomic E-state index is 12.8. The van der Waals surface area contributed by atoms with Gasteiger partial charge in [-0.25, -0.2) is 8.78 Å². The van der Waals surface area contributed by atoms with E-state index in [9.17, 15) is 26.7 Å². The Labute approximate surface area is 184 Å². The highest BCUT2D eigenvalue weighted by Crippen LogP contribution is 2.29. The zero-order valence-electron chi connectivity index (χ0n) is 17.9. The first-order valence-electron chi connectivity index (χ1n) is 10.4. The van der Waals surface area contributed by atoms with Gasteiger partial charge in [-0.15, -0.1) is 0 Å². The summed E-state index contributed by atoms with van der Waals surface area (Å²) < 4.78 is 62.8. The summed E-state index contributed by atoms with van der Waals surface area (Å²) >= 11 is 0. The standard InChI is InChI=1S/C23H28F5N3O/c1-29-21-13-19(30-15-16-7-9-17(10-8-16)23(26,27)28)11-12-20(21)31-22(32)6-4-2-3-5-18(25)14-24/h7-13,18,29-30H,2-6,14-15H2,1H3,(H,31,32). The van der Waals surface area contributed by atoms with E-state index in [4.69, 9.17) is 0 Å². The van der Waals surface area contributed by atoms with Crippen LogP contribution < -0.4 is 16.0 Å². The lowest BCUT2D eigenvalue weighted by atomic mass is 10.1. The van der Waals surface area contributed by atoms with Crippen molar-refractivity contribution in [3.8, 4) is 0 Å². The smallest absolute Gasteiger partial charge is 0.386 e. The molecule has 4 nitrogen and oxygen atoms in total. The average Bonchev–Trinajstić information content (AvgIpc) is 2.77. The van der Waals surface area contributed by atoms with Gasteiger partial charge in [0.2, 0.25) is 5.91 Å². The third-order valence-corrected chi connectivity index (χ3v) is 4.93. The SMILES string of the molecule is CNc1cc(NCc2ccc(C(F)(F)F)cc2)ccc1NC(=O)CCCCCC(F)CF. The number of anilines is 3. The lowest BCUT2D eigenvalue weighted by Gasteiger charge is -2.14. The molecule has 0 spiro atoms. The minimum atomic E-state index is -4.36. The van der Waals surface area contributed by atoms with E-state index >= 15 is 0 Å². The molecule has 0 saturated carbocycles. The van der Waals surface area contributed by atoms with Crippen LogP contribution in [0.5, 0.6) is 0 Å². The predicted molar refractivity (Wildman–Crippen MR) is 117 cm³/mol. The Morgan fingerprint density at radius 2 is 1.72 bits per heavy atom. The number of halogens is 5. The van der Waals surface area contributed by atoms with Gasteiger partial charge < -0.3 is 16.0 Å². The number of rotatable bonds is 12. The summed E-state index contributed by atoms with van der Waals surface area (Å²) in [5.74, 6) is -0.172. The van der Waals surface area contributed by atoms with Gasteiger partial charge in [0.15, 0.2) is 0 Å². The third-order valence-electron chi connectivity index (χ3n) is 4.93. The van der Waals surface area contributed by atoms with Crippen LogP contribution in [0, 0.1) is 0 Å². The molecule has 0 bridgehead atoms. The van der Waals surface area contributed by atoms with E-state index in [1.807, 2.05) is 0 Å². The number of carbonyl (C=O) groups excluding carboxylic acids is 1. The molecule has 0 saturated heterocycles. The number of hydrogen-bond acceptors (Lipinski definition) is 3. The number of unbranched alkanes of at least 4 members (excludes halogenated alkanes) is 2. The number of carbonyl (C=O) groups is 1. The van der Waals surface area contributed by atoms with Gasteiger partial charge in [-0.05, 0) is 48.7 Å². The first-order valence-corrected chi connectivity index (χ1v) is 10.4. The minimum Gasteiger partial charge on any atom is -0.386 e. The summed E-state index contributed by atoms with van der Waals surface area (Å²) in [6.45, 7) is -0.627. The summed E-state index contributed by atoms with van der Waals surface area (Å²) in [7, 11) is 1.71. The van der Waals surface area contributed by atoms with Crippen molar-refractivity contribution >= 4 is 23.0 Å².